The first kappa shape index (κ1) is 46.3. The molecule has 1 unspecified atom stereocenters. The summed E-state index contributed by atoms with van der Waals surface area (Å²) in [5, 5.41) is 0. The Hall–Kier alpha value is -1.73. The van der Waals surface area contributed by atoms with Crippen LogP contribution >= 0.6 is 7.82 Å². The number of esters is 2. The highest BCUT2D eigenvalue weighted by atomic mass is 31.2. The van der Waals surface area contributed by atoms with Crippen LogP contribution in [-0.4, -0.2) is 41.0 Å². The first-order valence-corrected chi connectivity index (χ1v) is 20.8. The van der Waals surface area contributed by atoms with Crippen LogP contribution in [0.3, 0.4) is 0 Å². The topological polar surface area (TPSA) is 119 Å². The molecule has 0 aliphatic heterocycles. The Morgan fingerprint density at radius 1 is 0.542 bits per heavy atom. The monoisotopic (exact) mass is 698 g/mol. The van der Waals surface area contributed by atoms with E-state index in [9.17, 15) is 14.2 Å². The van der Waals surface area contributed by atoms with Crippen LogP contribution in [0, 0.1) is 0 Å². The molecule has 0 bridgehead atoms. The molecule has 9 heteroatoms. The highest BCUT2D eigenvalue weighted by molar-refractivity contribution is 7.46. The van der Waals surface area contributed by atoms with Crippen molar-refractivity contribution in [2.75, 3.05) is 13.2 Å². The summed E-state index contributed by atoms with van der Waals surface area (Å²) in [5.74, 6) is -0.967. The van der Waals surface area contributed by atoms with Crippen LogP contribution in [0.2, 0.25) is 0 Å². The molecule has 0 spiro atoms. The van der Waals surface area contributed by atoms with E-state index in [-0.39, 0.29) is 19.4 Å². The molecular formula is C39H71O8P. The summed E-state index contributed by atoms with van der Waals surface area (Å²) in [7, 11) is -4.76. The molecular weight excluding hydrogens is 627 g/mol. The fourth-order valence-corrected chi connectivity index (χ4v) is 5.60. The third kappa shape index (κ3) is 37.1. The maximum absolute atomic E-state index is 12.3. The quantitative estimate of drug-likeness (QED) is 0.0290. The second-order valence-corrected chi connectivity index (χ2v) is 14.1. The first-order chi connectivity index (χ1) is 23.3. The Morgan fingerprint density at radius 3 is 1.48 bits per heavy atom. The maximum atomic E-state index is 12.3. The van der Waals surface area contributed by atoms with Gasteiger partial charge in [-0.15, -0.1) is 0 Å². The lowest BCUT2D eigenvalue weighted by Crippen LogP contribution is -2.29. The molecule has 0 saturated heterocycles. The van der Waals surface area contributed by atoms with Crippen molar-refractivity contribution in [1.82, 2.24) is 0 Å². The average Bonchev–Trinajstić information content (AvgIpc) is 3.05. The molecule has 0 aliphatic rings. The van der Waals surface area contributed by atoms with Crippen LogP contribution in [0.5, 0.6) is 0 Å². The lowest BCUT2D eigenvalue weighted by molar-refractivity contribution is -0.161. The fraction of sp³-hybridized carbons (Fsp3) is 0.795. The number of unbranched alkanes of at least 4 members (excludes halogenated alkanes) is 19. The third-order valence-electron chi connectivity index (χ3n) is 8.14. The van der Waals surface area contributed by atoms with Gasteiger partial charge in [0.15, 0.2) is 6.10 Å². The van der Waals surface area contributed by atoms with Gasteiger partial charge in [0.1, 0.15) is 6.61 Å². The molecule has 0 saturated carbocycles. The molecule has 0 fully saturated rings. The van der Waals surface area contributed by atoms with Crippen LogP contribution in [0.1, 0.15) is 181 Å². The Morgan fingerprint density at radius 2 is 0.979 bits per heavy atom. The fourth-order valence-electron chi connectivity index (χ4n) is 5.24. The molecule has 0 aromatic carbocycles. The van der Waals surface area contributed by atoms with Gasteiger partial charge in [-0.2, -0.15) is 0 Å². The normalized spacial score (nSPS) is 12.8. The number of allylic oxidation sites excluding steroid dienone is 6. The predicted molar refractivity (Wildman–Crippen MR) is 198 cm³/mol. The zero-order valence-corrected chi connectivity index (χ0v) is 31.5. The first-order valence-electron chi connectivity index (χ1n) is 19.3. The Kier molecular flexibility index (Phi) is 33.8. The third-order valence-corrected chi connectivity index (χ3v) is 8.63. The van der Waals surface area contributed by atoms with Crippen molar-refractivity contribution in [3.05, 3.63) is 36.5 Å². The van der Waals surface area contributed by atoms with Crippen molar-refractivity contribution in [2.24, 2.45) is 0 Å². The number of hydrogen-bond donors (Lipinski definition) is 2. The minimum atomic E-state index is -4.76. The predicted octanol–water partition coefficient (Wildman–Crippen LogP) is 11.4. The second kappa shape index (κ2) is 35.1. The molecule has 280 valence electrons. The summed E-state index contributed by atoms with van der Waals surface area (Å²) >= 11 is 0. The summed E-state index contributed by atoms with van der Waals surface area (Å²) in [4.78, 5) is 42.6. The van der Waals surface area contributed by atoms with Gasteiger partial charge in [-0.1, -0.05) is 147 Å². The molecule has 2 N–H and O–H groups in total. The number of ether oxygens (including phenoxy) is 2. The minimum absolute atomic E-state index is 0.105. The number of carbonyl (C=O) groups is 2. The SMILES string of the molecule is CCCCCCCC/C=C/C/C=C/CCC(=O)OC(COC(=O)CCCCCCCCC/C=C/CCCCCCCC)COP(=O)(O)O. The number of hydrogen-bond acceptors (Lipinski definition) is 6. The molecule has 0 aromatic rings. The van der Waals surface area contributed by atoms with Gasteiger partial charge in [0.2, 0.25) is 0 Å². The standard InChI is InChI=1S/C39H71O8P/c1-3-5-7-9-11-13-15-17-18-19-20-22-23-25-27-29-31-33-38(40)45-35-37(36-46-48(42,43)44)47-39(41)34-32-30-28-26-24-21-16-14-12-10-8-6-4-2/h17-18,21,24,28,30,37H,3-16,19-20,22-23,25-27,29,31-36H2,1-2H3,(H2,42,43,44)/b18-17+,24-21+,30-28+. The molecule has 0 aliphatic carbocycles. The van der Waals surface area contributed by atoms with Crippen molar-refractivity contribution in [3.63, 3.8) is 0 Å². The molecule has 0 radical (unpaired) electrons. The van der Waals surface area contributed by atoms with Crippen LogP contribution in [0.25, 0.3) is 0 Å². The van der Waals surface area contributed by atoms with Gasteiger partial charge in [-0.25, -0.2) is 4.57 Å². The van der Waals surface area contributed by atoms with Crippen LogP contribution in [-0.2, 0) is 28.2 Å². The van der Waals surface area contributed by atoms with Crippen molar-refractivity contribution < 1.29 is 37.9 Å². The van der Waals surface area contributed by atoms with Crippen molar-refractivity contribution in [3.8, 4) is 0 Å². The molecule has 0 aromatic heterocycles. The minimum Gasteiger partial charge on any atom is -0.462 e. The van der Waals surface area contributed by atoms with E-state index in [4.69, 9.17) is 19.3 Å². The summed E-state index contributed by atoms with van der Waals surface area (Å²) in [5.41, 5.74) is 0. The van der Waals surface area contributed by atoms with Gasteiger partial charge < -0.3 is 19.3 Å². The smallest absolute Gasteiger partial charge is 0.462 e. The highest BCUT2D eigenvalue weighted by Gasteiger charge is 2.22. The lowest BCUT2D eigenvalue weighted by Gasteiger charge is -2.18. The number of rotatable bonds is 35. The van der Waals surface area contributed by atoms with Crippen molar-refractivity contribution in [1.29, 1.82) is 0 Å². The van der Waals surface area contributed by atoms with E-state index in [0.29, 0.717) is 12.8 Å². The van der Waals surface area contributed by atoms with E-state index in [2.05, 4.69) is 42.7 Å². The summed E-state index contributed by atoms with van der Waals surface area (Å²) < 4.78 is 26.2. The Bertz CT molecular complexity index is 879. The van der Waals surface area contributed by atoms with E-state index >= 15 is 0 Å². The van der Waals surface area contributed by atoms with E-state index in [1.54, 1.807) is 0 Å². The maximum Gasteiger partial charge on any atom is 0.469 e. The molecule has 1 atom stereocenters. The van der Waals surface area contributed by atoms with Crippen molar-refractivity contribution in [2.45, 2.75) is 187 Å². The van der Waals surface area contributed by atoms with E-state index in [1.807, 2.05) is 12.2 Å². The van der Waals surface area contributed by atoms with Crippen LogP contribution < -0.4 is 0 Å². The number of phosphoric acid groups is 1. The van der Waals surface area contributed by atoms with Gasteiger partial charge in [0, 0.05) is 12.8 Å². The molecule has 0 heterocycles. The zero-order valence-electron chi connectivity index (χ0n) is 30.6. The molecule has 0 rings (SSSR count). The molecule has 48 heavy (non-hydrogen) atoms. The van der Waals surface area contributed by atoms with E-state index in [1.165, 1.54) is 103 Å². The average molecular weight is 699 g/mol. The van der Waals surface area contributed by atoms with E-state index in [0.717, 1.165) is 38.5 Å². The summed E-state index contributed by atoms with van der Waals surface area (Å²) in [6.07, 6.45) is 40.2. The molecule has 0 amide bonds. The lowest BCUT2D eigenvalue weighted by atomic mass is 10.1. The Labute approximate surface area is 293 Å². The van der Waals surface area contributed by atoms with Gasteiger partial charge in [0.05, 0.1) is 6.61 Å². The largest absolute Gasteiger partial charge is 0.469 e. The van der Waals surface area contributed by atoms with Gasteiger partial charge in [-0.05, 0) is 57.8 Å². The molecule has 8 nitrogen and oxygen atoms in total. The van der Waals surface area contributed by atoms with Crippen molar-refractivity contribution >= 4 is 19.8 Å². The Balaban J connectivity index is 4.01. The summed E-state index contributed by atoms with van der Waals surface area (Å²) in [6.45, 7) is 3.61. The zero-order chi connectivity index (χ0) is 35.4. The highest BCUT2D eigenvalue weighted by Crippen LogP contribution is 2.36. The number of phosphoric ester groups is 1. The summed E-state index contributed by atoms with van der Waals surface area (Å²) in [6, 6.07) is 0. The van der Waals surface area contributed by atoms with Gasteiger partial charge >= 0.3 is 19.8 Å². The van der Waals surface area contributed by atoms with Gasteiger partial charge in [0.25, 0.3) is 0 Å². The van der Waals surface area contributed by atoms with Crippen LogP contribution in [0.4, 0.5) is 0 Å². The van der Waals surface area contributed by atoms with Gasteiger partial charge in [-0.3, -0.25) is 14.1 Å². The second-order valence-electron chi connectivity index (χ2n) is 12.9. The van der Waals surface area contributed by atoms with Crippen LogP contribution in [0.15, 0.2) is 36.5 Å². The van der Waals surface area contributed by atoms with E-state index < -0.39 is 32.5 Å². The number of carbonyl (C=O) groups excluding carboxylic acids is 2.